The SMILES string of the molecule is CCC(C)(C)N(C)C(=O)c1cc(Cl)nc2ccccc12. The number of para-hydroxylation sites is 1. The fourth-order valence-corrected chi connectivity index (χ4v) is 2.21. The van der Waals surface area contributed by atoms with Gasteiger partial charge in [0.15, 0.2) is 0 Å². The summed E-state index contributed by atoms with van der Waals surface area (Å²) < 4.78 is 0. The van der Waals surface area contributed by atoms with Crippen LogP contribution in [0.15, 0.2) is 30.3 Å². The van der Waals surface area contributed by atoms with E-state index in [1.165, 1.54) is 0 Å². The molecule has 0 aliphatic rings. The summed E-state index contributed by atoms with van der Waals surface area (Å²) in [4.78, 5) is 18.8. The van der Waals surface area contributed by atoms with Gasteiger partial charge in [-0.2, -0.15) is 0 Å². The number of carbonyl (C=O) groups excluding carboxylic acids is 1. The zero-order valence-electron chi connectivity index (χ0n) is 12.3. The Hall–Kier alpha value is -1.61. The smallest absolute Gasteiger partial charge is 0.254 e. The molecule has 0 saturated heterocycles. The third kappa shape index (κ3) is 2.63. The number of fused-ring (bicyclic) bond motifs is 1. The van der Waals surface area contributed by atoms with E-state index >= 15 is 0 Å². The topological polar surface area (TPSA) is 33.2 Å². The normalized spacial score (nSPS) is 11.7. The number of carbonyl (C=O) groups is 1. The highest BCUT2D eigenvalue weighted by atomic mass is 35.5. The Morgan fingerprint density at radius 3 is 2.65 bits per heavy atom. The van der Waals surface area contributed by atoms with E-state index in [0.29, 0.717) is 10.7 Å². The number of halogens is 1. The molecule has 0 spiro atoms. The molecule has 106 valence electrons. The fourth-order valence-electron chi connectivity index (χ4n) is 2.01. The second-order valence-electron chi connectivity index (χ2n) is 5.54. The van der Waals surface area contributed by atoms with Crippen LogP contribution in [0.5, 0.6) is 0 Å². The van der Waals surface area contributed by atoms with Crippen molar-refractivity contribution in [3.63, 3.8) is 0 Å². The molecule has 4 heteroatoms. The van der Waals surface area contributed by atoms with Crippen LogP contribution in [0.4, 0.5) is 0 Å². The third-order valence-electron chi connectivity index (χ3n) is 3.99. The van der Waals surface area contributed by atoms with Crippen molar-refractivity contribution in [3.05, 3.63) is 41.0 Å². The van der Waals surface area contributed by atoms with Gasteiger partial charge >= 0.3 is 0 Å². The molecule has 0 radical (unpaired) electrons. The molecular weight excluding hydrogens is 272 g/mol. The average Bonchev–Trinajstić information content (AvgIpc) is 2.44. The molecule has 0 aliphatic carbocycles. The number of amides is 1. The van der Waals surface area contributed by atoms with Gasteiger partial charge in [0.25, 0.3) is 5.91 Å². The van der Waals surface area contributed by atoms with Gasteiger partial charge in [-0.1, -0.05) is 36.7 Å². The van der Waals surface area contributed by atoms with Gasteiger partial charge in [0.05, 0.1) is 11.1 Å². The maximum absolute atomic E-state index is 12.8. The molecule has 0 atom stereocenters. The number of aromatic nitrogens is 1. The first-order valence-corrected chi connectivity index (χ1v) is 7.08. The Kier molecular flexibility index (Phi) is 4.00. The standard InChI is InChI=1S/C16H19ClN2O/c1-5-16(2,3)19(4)15(20)12-10-14(17)18-13-9-7-6-8-11(12)13/h6-10H,5H2,1-4H3. The van der Waals surface area contributed by atoms with E-state index in [9.17, 15) is 4.79 Å². The minimum Gasteiger partial charge on any atom is -0.337 e. The molecule has 0 aliphatic heterocycles. The predicted molar refractivity (Wildman–Crippen MR) is 83.2 cm³/mol. The summed E-state index contributed by atoms with van der Waals surface area (Å²) in [6.07, 6.45) is 0.881. The van der Waals surface area contributed by atoms with Crippen LogP contribution in [-0.4, -0.2) is 28.4 Å². The number of hydrogen-bond donors (Lipinski definition) is 0. The molecule has 1 heterocycles. The molecule has 0 saturated carbocycles. The zero-order valence-corrected chi connectivity index (χ0v) is 13.0. The largest absolute Gasteiger partial charge is 0.337 e. The van der Waals surface area contributed by atoms with Crippen molar-refractivity contribution in [2.75, 3.05) is 7.05 Å². The summed E-state index contributed by atoms with van der Waals surface area (Å²) >= 11 is 6.04. The van der Waals surface area contributed by atoms with E-state index in [1.807, 2.05) is 31.3 Å². The van der Waals surface area contributed by atoms with Gasteiger partial charge < -0.3 is 4.90 Å². The van der Waals surface area contributed by atoms with Crippen LogP contribution >= 0.6 is 11.6 Å². The van der Waals surface area contributed by atoms with Crippen molar-refractivity contribution in [1.82, 2.24) is 9.88 Å². The monoisotopic (exact) mass is 290 g/mol. The molecule has 3 nitrogen and oxygen atoms in total. The highest BCUT2D eigenvalue weighted by molar-refractivity contribution is 6.30. The summed E-state index contributed by atoms with van der Waals surface area (Å²) in [5.74, 6) is -0.0302. The lowest BCUT2D eigenvalue weighted by Gasteiger charge is -2.35. The fraction of sp³-hybridized carbons (Fsp3) is 0.375. The molecule has 1 aromatic heterocycles. The summed E-state index contributed by atoms with van der Waals surface area (Å²) in [5, 5.41) is 1.18. The molecule has 0 bridgehead atoms. The maximum atomic E-state index is 12.8. The van der Waals surface area contributed by atoms with Crippen molar-refractivity contribution in [2.45, 2.75) is 32.7 Å². The van der Waals surface area contributed by atoms with E-state index in [2.05, 4.69) is 25.8 Å². The van der Waals surface area contributed by atoms with E-state index in [0.717, 1.165) is 17.3 Å². The second kappa shape index (κ2) is 5.41. The quantitative estimate of drug-likeness (QED) is 0.796. The molecule has 1 amide bonds. The van der Waals surface area contributed by atoms with Gasteiger partial charge in [-0.3, -0.25) is 4.79 Å². The second-order valence-corrected chi connectivity index (χ2v) is 5.93. The van der Waals surface area contributed by atoms with Crippen molar-refractivity contribution in [1.29, 1.82) is 0 Å². The van der Waals surface area contributed by atoms with Gasteiger partial charge in [-0.25, -0.2) is 4.98 Å². The number of hydrogen-bond acceptors (Lipinski definition) is 2. The van der Waals surface area contributed by atoms with Gasteiger partial charge in [0, 0.05) is 18.0 Å². The van der Waals surface area contributed by atoms with Gasteiger partial charge in [0.1, 0.15) is 5.15 Å². The Bertz CT molecular complexity index is 652. The van der Waals surface area contributed by atoms with Crippen LogP contribution in [-0.2, 0) is 0 Å². The Labute approximate surface area is 124 Å². The van der Waals surface area contributed by atoms with Crippen LogP contribution in [0.2, 0.25) is 5.15 Å². The van der Waals surface area contributed by atoms with E-state index in [4.69, 9.17) is 11.6 Å². The lowest BCUT2D eigenvalue weighted by atomic mass is 9.98. The van der Waals surface area contributed by atoms with Crippen molar-refractivity contribution in [3.8, 4) is 0 Å². The number of nitrogens with zero attached hydrogens (tertiary/aromatic N) is 2. The van der Waals surface area contributed by atoms with Crippen LogP contribution in [0, 0.1) is 0 Å². The Morgan fingerprint density at radius 2 is 2.00 bits per heavy atom. The van der Waals surface area contributed by atoms with Crippen LogP contribution < -0.4 is 0 Å². The van der Waals surface area contributed by atoms with E-state index < -0.39 is 0 Å². The third-order valence-corrected chi connectivity index (χ3v) is 4.19. The lowest BCUT2D eigenvalue weighted by molar-refractivity contribution is 0.0622. The highest BCUT2D eigenvalue weighted by Gasteiger charge is 2.27. The number of rotatable bonds is 3. The number of pyridine rings is 1. The lowest BCUT2D eigenvalue weighted by Crippen LogP contribution is -2.44. The first kappa shape index (κ1) is 14.8. The van der Waals surface area contributed by atoms with Crippen molar-refractivity contribution < 1.29 is 4.79 Å². The summed E-state index contributed by atoms with van der Waals surface area (Å²) in [6, 6.07) is 9.20. The molecule has 0 N–H and O–H groups in total. The van der Waals surface area contributed by atoms with Crippen LogP contribution in [0.25, 0.3) is 10.9 Å². The van der Waals surface area contributed by atoms with Crippen LogP contribution in [0.1, 0.15) is 37.6 Å². The summed E-state index contributed by atoms with van der Waals surface area (Å²) in [6.45, 7) is 6.17. The first-order valence-electron chi connectivity index (χ1n) is 6.70. The average molecular weight is 291 g/mol. The minimum atomic E-state index is -0.200. The first-order chi connectivity index (χ1) is 9.36. The zero-order chi connectivity index (χ0) is 14.9. The summed E-state index contributed by atoms with van der Waals surface area (Å²) in [5.41, 5.74) is 1.14. The molecule has 1 aromatic carbocycles. The molecule has 2 aromatic rings. The van der Waals surface area contributed by atoms with Gasteiger partial charge in [-0.05, 0) is 32.4 Å². The van der Waals surface area contributed by atoms with Gasteiger partial charge in [-0.15, -0.1) is 0 Å². The molecule has 0 unspecified atom stereocenters. The van der Waals surface area contributed by atoms with Crippen molar-refractivity contribution in [2.24, 2.45) is 0 Å². The molecular formula is C16H19ClN2O. The molecule has 20 heavy (non-hydrogen) atoms. The van der Waals surface area contributed by atoms with Gasteiger partial charge in [0.2, 0.25) is 0 Å². The predicted octanol–water partition coefficient (Wildman–Crippen LogP) is 4.15. The molecule has 2 rings (SSSR count). The maximum Gasteiger partial charge on any atom is 0.254 e. The number of benzene rings is 1. The Balaban J connectivity index is 2.55. The van der Waals surface area contributed by atoms with E-state index in [1.54, 1.807) is 11.0 Å². The Morgan fingerprint density at radius 1 is 1.35 bits per heavy atom. The minimum absolute atomic E-state index is 0.0302. The summed E-state index contributed by atoms with van der Waals surface area (Å²) in [7, 11) is 1.83. The van der Waals surface area contributed by atoms with Crippen molar-refractivity contribution >= 4 is 28.4 Å². The molecule has 0 fully saturated rings. The van der Waals surface area contributed by atoms with E-state index in [-0.39, 0.29) is 11.4 Å². The van der Waals surface area contributed by atoms with Crippen LogP contribution in [0.3, 0.4) is 0 Å². The highest BCUT2D eigenvalue weighted by Crippen LogP contribution is 2.25.